The maximum atomic E-state index is 12.0. The number of imide groups is 1. The van der Waals surface area contributed by atoms with Crippen LogP contribution in [0, 0.1) is 17.3 Å². The van der Waals surface area contributed by atoms with E-state index in [-0.39, 0.29) is 29.1 Å². The van der Waals surface area contributed by atoms with Gasteiger partial charge in [0.1, 0.15) is 0 Å². The lowest BCUT2D eigenvalue weighted by Crippen LogP contribution is -2.51. The van der Waals surface area contributed by atoms with Gasteiger partial charge in [-0.05, 0) is 57.3 Å². The van der Waals surface area contributed by atoms with Gasteiger partial charge in [-0.2, -0.15) is 0 Å². The number of amides is 3. The minimum absolute atomic E-state index is 0.000924. The van der Waals surface area contributed by atoms with Crippen molar-refractivity contribution < 1.29 is 14.4 Å². The Morgan fingerprint density at radius 2 is 1.57 bits per heavy atom. The summed E-state index contributed by atoms with van der Waals surface area (Å²) in [5, 5.41) is 0. The molecule has 0 unspecified atom stereocenters. The Morgan fingerprint density at radius 3 is 2.00 bits per heavy atom. The zero-order chi connectivity index (χ0) is 17.4. The highest BCUT2D eigenvalue weighted by Gasteiger charge is 2.44. The first-order valence-corrected chi connectivity index (χ1v) is 8.40. The fourth-order valence-electron chi connectivity index (χ4n) is 4.49. The quantitative estimate of drug-likeness (QED) is 0.790. The van der Waals surface area contributed by atoms with E-state index in [9.17, 15) is 14.4 Å². The molecule has 5 heteroatoms. The summed E-state index contributed by atoms with van der Waals surface area (Å²) in [7, 11) is 0. The molecule has 1 fully saturated rings. The predicted octanol–water partition coefficient (Wildman–Crippen LogP) is 2.40. The molecule has 2 rings (SSSR count). The summed E-state index contributed by atoms with van der Waals surface area (Å²) in [6.45, 7) is 8.30. The van der Waals surface area contributed by atoms with E-state index in [0.29, 0.717) is 5.92 Å². The van der Waals surface area contributed by atoms with Crippen molar-refractivity contribution in [3.05, 3.63) is 12.2 Å². The average molecular weight is 320 g/mol. The lowest BCUT2D eigenvalue weighted by molar-refractivity contribution is -0.144. The van der Waals surface area contributed by atoms with Gasteiger partial charge in [0.15, 0.2) is 0 Å². The molecule has 23 heavy (non-hydrogen) atoms. The second-order valence-electron chi connectivity index (χ2n) is 8.27. The summed E-state index contributed by atoms with van der Waals surface area (Å²) < 4.78 is 0. The van der Waals surface area contributed by atoms with E-state index in [0.717, 1.165) is 32.1 Å². The van der Waals surface area contributed by atoms with Crippen LogP contribution in [0.15, 0.2) is 12.2 Å². The molecule has 0 aromatic heterocycles. The lowest BCUT2D eigenvalue weighted by Gasteiger charge is -2.45. The van der Waals surface area contributed by atoms with Gasteiger partial charge in [0.25, 0.3) is 11.8 Å². The van der Waals surface area contributed by atoms with Crippen LogP contribution in [0.4, 0.5) is 0 Å². The van der Waals surface area contributed by atoms with Crippen LogP contribution in [0.2, 0.25) is 0 Å². The SMILES string of the molecule is CC(C)(CC(C)(C)N1C(=O)C=CC1=O)C1CCC(C(N)=O)CC1. The van der Waals surface area contributed by atoms with E-state index in [1.165, 1.54) is 17.1 Å². The minimum atomic E-state index is -0.526. The van der Waals surface area contributed by atoms with E-state index in [2.05, 4.69) is 13.8 Å². The number of rotatable bonds is 5. The van der Waals surface area contributed by atoms with Gasteiger partial charge in [0.05, 0.1) is 0 Å². The molecular formula is C18H28N2O3. The molecule has 0 aromatic rings. The Hall–Kier alpha value is -1.65. The van der Waals surface area contributed by atoms with Gasteiger partial charge in [0.2, 0.25) is 5.91 Å². The van der Waals surface area contributed by atoms with Gasteiger partial charge in [-0.1, -0.05) is 13.8 Å². The van der Waals surface area contributed by atoms with Crippen molar-refractivity contribution in [3.63, 3.8) is 0 Å². The van der Waals surface area contributed by atoms with Crippen molar-refractivity contribution >= 4 is 17.7 Å². The van der Waals surface area contributed by atoms with Crippen LogP contribution in [0.1, 0.15) is 59.8 Å². The van der Waals surface area contributed by atoms with Crippen molar-refractivity contribution in [2.75, 3.05) is 0 Å². The number of nitrogens with two attached hydrogens (primary N) is 1. The largest absolute Gasteiger partial charge is 0.369 e. The first kappa shape index (κ1) is 17.7. The van der Waals surface area contributed by atoms with Crippen molar-refractivity contribution in [1.29, 1.82) is 0 Å². The second-order valence-corrected chi connectivity index (χ2v) is 8.27. The topological polar surface area (TPSA) is 80.5 Å². The standard InChI is InChI=1S/C18H28N2O3/c1-17(2,13-7-5-12(6-8-13)16(19)23)11-18(3,4)20-14(21)9-10-15(20)22/h9-10,12-13H,5-8,11H2,1-4H3,(H2,19,23). The van der Waals surface area contributed by atoms with Crippen LogP contribution < -0.4 is 5.73 Å². The molecule has 5 nitrogen and oxygen atoms in total. The van der Waals surface area contributed by atoms with Gasteiger partial charge in [0, 0.05) is 23.6 Å². The highest BCUT2D eigenvalue weighted by Crippen LogP contribution is 2.45. The van der Waals surface area contributed by atoms with Crippen LogP contribution in [0.3, 0.4) is 0 Å². The molecule has 0 saturated heterocycles. The number of carbonyl (C=O) groups is 3. The van der Waals surface area contributed by atoms with E-state index in [4.69, 9.17) is 5.73 Å². The molecule has 128 valence electrons. The number of carbonyl (C=O) groups excluding carboxylic acids is 3. The summed E-state index contributed by atoms with van der Waals surface area (Å²) >= 11 is 0. The molecule has 1 saturated carbocycles. The maximum absolute atomic E-state index is 12.0. The molecule has 0 atom stereocenters. The van der Waals surface area contributed by atoms with Crippen LogP contribution in [-0.4, -0.2) is 28.2 Å². The third-order valence-electron chi connectivity index (χ3n) is 5.54. The van der Waals surface area contributed by atoms with Crippen molar-refractivity contribution in [2.45, 2.75) is 65.3 Å². The van der Waals surface area contributed by atoms with Crippen molar-refractivity contribution in [2.24, 2.45) is 23.0 Å². The number of nitrogens with zero attached hydrogens (tertiary/aromatic N) is 1. The molecule has 0 radical (unpaired) electrons. The zero-order valence-corrected chi connectivity index (χ0v) is 14.6. The van der Waals surface area contributed by atoms with Crippen LogP contribution >= 0.6 is 0 Å². The fraction of sp³-hybridized carbons (Fsp3) is 0.722. The second kappa shape index (κ2) is 6.10. The Labute approximate surface area is 138 Å². The molecule has 0 bridgehead atoms. The smallest absolute Gasteiger partial charge is 0.254 e. The highest BCUT2D eigenvalue weighted by atomic mass is 16.2. The van der Waals surface area contributed by atoms with E-state index < -0.39 is 5.54 Å². The van der Waals surface area contributed by atoms with E-state index in [1.807, 2.05) is 13.8 Å². The Morgan fingerprint density at radius 1 is 1.09 bits per heavy atom. The van der Waals surface area contributed by atoms with Gasteiger partial charge >= 0.3 is 0 Å². The number of hydrogen-bond donors (Lipinski definition) is 1. The molecule has 2 N–H and O–H groups in total. The van der Waals surface area contributed by atoms with Gasteiger partial charge in [-0.25, -0.2) is 0 Å². The third kappa shape index (κ3) is 3.65. The van der Waals surface area contributed by atoms with Gasteiger partial charge < -0.3 is 5.73 Å². The molecular weight excluding hydrogens is 292 g/mol. The average Bonchev–Trinajstić information content (AvgIpc) is 2.77. The van der Waals surface area contributed by atoms with Crippen LogP contribution in [0.25, 0.3) is 0 Å². The highest BCUT2D eigenvalue weighted by molar-refractivity contribution is 6.13. The van der Waals surface area contributed by atoms with Crippen molar-refractivity contribution in [3.8, 4) is 0 Å². The molecule has 0 aromatic carbocycles. The van der Waals surface area contributed by atoms with Gasteiger partial charge in [-0.15, -0.1) is 0 Å². The molecule has 1 heterocycles. The number of primary amides is 1. The monoisotopic (exact) mass is 320 g/mol. The minimum Gasteiger partial charge on any atom is -0.369 e. The molecule has 1 aliphatic carbocycles. The summed E-state index contributed by atoms with van der Waals surface area (Å²) in [4.78, 5) is 36.6. The van der Waals surface area contributed by atoms with Crippen LogP contribution in [0.5, 0.6) is 0 Å². The molecule has 1 aliphatic heterocycles. The fourth-order valence-corrected chi connectivity index (χ4v) is 4.49. The predicted molar refractivity (Wildman–Crippen MR) is 88.1 cm³/mol. The summed E-state index contributed by atoms with van der Waals surface area (Å²) in [6, 6.07) is 0. The Balaban J connectivity index is 2.04. The Kier molecular flexibility index (Phi) is 4.69. The first-order chi connectivity index (χ1) is 10.5. The van der Waals surface area contributed by atoms with E-state index in [1.54, 1.807) is 0 Å². The number of hydrogen-bond acceptors (Lipinski definition) is 3. The molecule has 0 spiro atoms. The molecule has 3 amide bonds. The third-order valence-corrected chi connectivity index (χ3v) is 5.54. The van der Waals surface area contributed by atoms with Crippen LogP contribution in [-0.2, 0) is 14.4 Å². The zero-order valence-electron chi connectivity index (χ0n) is 14.6. The van der Waals surface area contributed by atoms with Gasteiger partial charge in [-0.3, -0.25) is 19.3 Å². The summed E-state index contributed by atoms with van der Waals surface area (Å²) in [5.74, 6) is -0.179. The van der Waals surface area contributed by atoms with Crippen molar-refractivity contribution in [1.82, 2.24) is 4.90 Å². The lowest BCUT2D eigenvalue weighted by atomic mass is 9.64. The normalized spacial score (nSPS) is 26.0. The summed E-state index contributed by atoms with van der Waals surface area (Å²) in [6.07, 6.45) is 7.04. The van der Waals surface area contributed by atoms with E-state index >= 15 is 0 Å². The Bertz CT molecular complexity index is 522. The summed E-state index contributed by atoms with van der Waals surface area (Å²) in [5.41, 5.74) is 4.86. The first-order valence-electron chi connectivity index (χ1n) is 8.40. The maximum Gasteiger partial charge on any atom is 0.254 e. The molecule has 2 aliphatic rings.